The second kappa shape index (κ2) is 8.64. The number of nitrogens with one attached hydrogen (secondary N) is 1. The molecule has 0 atom stereocenters. The Morgan fingerprint density at radius 2 is 1.97 bits per heavy atom. The molecule has 0 aliphatic heterocycles. The fraction of sp³-hybridized carbons (Fsp3) is 0.190. The molecule has 0 spiro atoms. The number of nitrogens with zero attached hydrogens (tertiary/aromatic N) is 2. The monoisotopic (exact) mass is 411 g/mol. The van der Waals surface area contributed by atoms with E-state index in [0.717, 1.165) is 0 Å². The first kappa shape index (κ1) is 20.8. The standard InChI is InChI=1S/C21H22FN5O3/c1-3-27-19(23)17(20(24)28)18(26-27)12-8-9-13(15(22)10-12)11-25-21(29)14-6-4-5-7-16(14)30-2/h4-10H,3,11,23H2,1-2H3,(H2,24,28)(H,25,29). The molecule has 9 heteroatoms. The van der Waals surface area contributed by atoms with E-state index < -0.39 is 11.7 Å². The molecule has 0 fully saturated rings. The van der Waals surface area contributed by atoms with E-state index in [9.17, 15) is 14.0 Å². The van der Waals surface area contributed by atoms with Gasteiger partial charge in [-0.3, -0.25) is 9.59 Å². The molecule has 0 aliphatic carbocycles. The van der Waals surface area contributed by atoms with E-state index in [1.807, 2.05) is 6.92 Å². The van der Waals surface area contributed by atoms with Gasteiger partial charge in [-0.1, -0.05) is 24.3 Å². The summed E-state index contributed by atoms with van der Waals surface area (Å²) in [5, 5.41) is 6.93. The number of benzene rings is 2. The van der Waals surface area contributed by atoms with E-state index in [0.29, 0.717) is 23.4 Å². The number of amides is 2. The average molecular weight is 411 g/mol. The van der Waals surface area contributed by atoms with Crippen LogP contribution in [0.25, 0.3) is 11.3 Å². The molecule has 0 unspecified atom stereocenters. The molecule has 30 heavy (non-hydrogen) atoms. The summed E-state index contributed by atoms with van der Waals surface area (Å²) < 4.78 is 21.3. The molecule has 3 rings (SSSR count). The molecule has 1 heterocycles. The highest BCUT2D eigenvalue weighted by molar-refractivity contribution is 6.03. The van der Waals surface area contributed by atoms with Gasteiger partial charge in [-0.05, 0) is 25.1 Å². The summed E-state index contributed by atoms with van der Waals surface area (Å²) in [4.78, 5) is 24.2. The number of para-hydroxylation sites is 1. The summed E-state index contributed by atoms with van der Waals surface area (Å²) in [6.45, 7) is 2.21. The summed E-state index contributed by atoms with van der Waals surface area (Å²) >= 11 is 0. The molecule has 0 aliphatic rings. The Morgan fingerprint density at radius 3 is 2.60 bits per heavy atom. The van der Waals surface area contributed by atoms with Crippen molar-refractivity contribution in [1.82, 2.24) is 15.1 Å². The van der Waals surface area contributed by atoms with Crippen molar-refractivity contribution in [3.63, 3.8) is 0 Å². The molecular weight excluding hydrogens is 389 g/mol. The van der Waals surface area contributed by atoms with Gasteiger partial charge in [0, 0.05) is 24.2 Å². The molecule has 0 saturated carbocycles. The number of aromatic nitrogens is 2. The van der Waals surface area contributed by atoms with Crippen LogP contribution in [-0.2, 0) is 13.1 Å². The number of hydrogen-bond acceptors (Lipinski definition) is 5. The second-order valence-electron chi connectivity index (χ2n) is 6.48. The Bertz CT molecular complexity index is 1110. The van der Waals surface area contributed by atoms with Gasteiger partial charge in [-0.2, -0.15) is 5.10 Å². The first-order valence-corrected chi connectivity index (χ1v) is 9.23. The van der Waals surface area contributed by atoms with E-state index in [1.165, 1.54) is 23.9 Å². The molecule has 156 valence electrons. The van der Waals surface area contributed by atoms with Crippen LogP contribution in [0.15, 0.2) is 42.5 Å². The Kier molecular flexibility index (Phi) is 6.01. The molecule has 2 amide bonds. The Labute approximate surface area is 172 Å². The van der Waals surface area contributed by atoms with Gasteiger partial charge in [0.1, 0.15) is 28.6 Å². The SMILES string of the molecule is CCn1nc(-c2ccc(CNC(=O)c3ccccc3OC)c(F)c2)c(C(N)=O)c1N. The Hall–Kier alpha value is -3.88. The third-order valence-electron chi connectivity index (χ3n) is 4.66. The molecule has 0 bridgehead atoms. The number of nitrogen functional groups attached to an aromatic ring is 1. The fourth-order valence-corrected chi connectivity index (χ4v) is 3.10. The normalized spacial score (nSPS) is 10.6. The molecule has 2 aromatic carbocycles. The third-order valence-corrected chi connectivity index (χ3v) is 4.66. The highest BCUT2D eigenvalue weighted by Gasteiger charge is 2.22. The van der Waals surface area contributed by atoms with Gasteiger partial charge < -0.3 is 21.5 Å². The average Bonchev–Trinajstić information content (AvgIpc) is 3.09. The number of aryl methyl sites for hydroxylation is 1. The van der Waals surface area contributed by atoms with Crippen molar-refractivity contribution < 1.29 is 18.7 Å². The minimum atomic E-state index is -0.740. The van der Waals surface area contributed by atoms with Crippen molar-refractivity contribution in [2.45, 2.75) is 20.0 Å². The summed E-state index contributed by atoms with van der Waals surface area (Å²) in [5.41, 5.74) is 12.6. The summed E-state index contributed by atoms with van der Waals surface area (Å²) in [7, 11) is 1.47. The minimum absolute atomic E-state index is 0.0305. The number of nitrogens with two attached hydrogens (primary N) is 2. The number of primary amides is 1. The van der Waals surface area contributed by atoms with Crippen LogP contribution in [0.4, 0.5) is 10.2 Å². The first-order valence-electron chi connectivity index (χ1n) is 9.23. The van der Waals surface area contributed by atoms with Crippen molar-refractivity contribution in [3.05, 3.63) is 65.0 Å². The van der Waals surface area contributed by atoms with Crippen LogP contribution < -0.4 is 21.5 Å². The lowest BCUT2D eigenvalue weighted by atomic mass is 10.0. The predicted octanol–water partition coefficient (Wildman–Crippen LogP) is 2.33. The van der Waals surface area contributed by atoms with Crippen molar-refractivity contribution in [3.8, 4) is 17.0 Å². The fourth-order valence-electron chi connectivity index (χ4n) is 3.10. The molecule has 1 aromatic heterocycles. The quantitative estimate of drug-likeness (QED) is 0.550. The molecule has 5 N–H and O–H groups in total. The molecule has 8 nitrogen and oxygen atoms in total. The number of carbonyl (C=O) groups excluding carboxylic acids is 2. The maximum atomic E-state index is 14.7. The number of methoxy groups -OCH3 is 1. The van der Waals surface area contributed by atoms with Crippen LogP contribution in [0.5, 0.6) is 5.75 Å². The molecule has 0 radical (unpaired) electrons. The van der Waals surface area contributed by atoms with Crippen LogP contribution in [-0.4, -0.2) is 28.7 Å². The van der Waals surface area contributed by atoms with Gasteiger partial charge in [-0.25, -0.2) is 9.07 Å². The van der Waals surface area contributed by atoms with Gasteiger partial charge in [0.15, 0.2) is 0 Å². The highest BCUT2D eigenvalue weighted by atomic mass is 19.1. The van der Waals surface area contributed by atoms with Gasteiger partial charge in [0.25, 0.3) is 11.8 Å². The van der Waals surface area contributed by atoms with E-state index >= 15 is 0 Å². The summed E-state index contributed by atoms with van der Waals surface area (Å²) in [6, 6.07) is 11.1. The molecule has 0 saturated heterocycles. The molecular formula is C21H22FN5O3. The number of anilines is 1. The topological polar surface area (TPSA) is 125 Å². The highest BCUT2D eigenvalue weighted by Crippen LogP contribution is 2.28. The summed E-state index contributed by atoms with van der Waals surface area (Å²) in [6.07, 6.45) is 0. The zero-order chi connectivity index (χ0) is 21.8. The van der Waals surface area contributed by atoms with E-state index in [1.54, 1.807) is 30.3 Å². The van der Waals surface area contributed by atoms with Crippen molar-refractivity contribution in [1.29, 1.82) is 0 Å². The van der Waals surface area contributed by atoms with Crippen LogP contribution >= 0.6 is 0 Å². The lowest BCUT2D eigenvalue weighted by molar-refractivity contribution is 0.0946. The van der Waals surface area contributed by atoms with Crippen LogP contribution in [0, 0.1) is 5.82 Å². The van der Waals surface area contributed by atoms with Gasteiger partial charge in [-0.15, -0.1) is 0 Å². The van der Waals surface area contributed by atoms with Crippen molar-refractivity contribution in [2.75, 3.05) is 12.8 Å². The van der Waals surface area contributed by atoms with Gasteiger partial charge >= 0.3 is 0 Å². The van der Waals surface area contributed by atoms with Gasteiger partial charge in [0.2, 0.25) is 0 Å². The Balaban J connectivity index is 1.83. The minimum Gasteiger partial charge on any atom is -0.496 e. The van der Waals surface area contributed by atoms with Crippen LogP contribution in [0.2, 0.25) is 0 Å². The van der Waals surface area contributed by atoms with E-state index in [2.05, 4.69) is 10.4 Å². The second-order valence-corrected chi connectivity index (χ2v) is 6.48. The van der Waals surface area contributed by atoms with Crippen molar-refractivity contribution >= 4 is 17.6 Å². The smallest absolute Gasteiger partial charge is 0.255 e. The largest absolute Gasteiger partial charge is 0.496 e. The summed E-state index contributed by atoms with van der Waals surface area (Å²) in [5.74, 6) is -1.13. The number of rotatable bonds is 7. The third kappa shape index (κ3) is 3.95. The van der Waals surface area contributed by atoms with Crippen LogP contribution in [0.3, 0.4) is 0 Å². The number of halogens is 1. The van der Waals surface area contributed by atoms with Gasteiger partial charge in [0.05, 0.1) is 12.7 Å². The zero-order valence-electron chi connectivity index (χ0n) is 16.6. The first-order chi connectivity index (χ1) is 14.4. The van der Waals surface area contributed by atoms with E-state index in [-0.39, 0.29) is 35.1 Å². The maximum Gasteiger partial charge on any atom is 0.255 e. The molecule has 3 aromatic rings. The van der Waals surface area contributed by atoms with Crippen LogP contribution in [0.1, 0.15) is 33.2 Å². The number of ether oxygens (including phenoxy) is 1. The lowest BCUT2D eigenvalue weighted by Crippen LogP contribution is -2.23. The Morgan fingerprint density at radius 1 is 1.23 bits per heavy atom. The van der Waals surface area contributed by atoms with E-state index in [4.69, 9.17) is 16.2 Å². The maximum absolute atomic E-state index is 14.7. The lowest BCUT2D eigenvalue weighted by Gasteiger charge is -2.10. The predicted molar refractivity (Wildman–Crippen MR) is 110 cm³/mol. The van der Waals surface area contributed by atoms with Crippen molar-refractivity contribution in [2.24, 2.45) is 5.73 Å². The zero-order valence-corrected chi connectivity index (χ0v) is 16.6. The number of carbonyl (C=O) groups is 2. The number of hydrogen-bond donors (Lipinski definition) is 3.